The average Bonchev–Trinajstić information content (AvgIpc) is 2.05. The highest BCUT2D eigenvalue weighted by molar-refractivity contribution is 5.86. The Hall–Kier alpha value is -0.830. The average molecular weight is 171 g/mol. The maximum atomic E-state index is 10.9. The molecular weight excluding hydrogens is 154 g/mol. The molecule has 0 fully saturated rings. The first-order valence-electron chi connectivity index (χ1n) is 4.11. The topological polar surface area (TPSA) is 38.3 Å². The van der Waals surface area contributed by atoms with Crippen molar-refractivity contribution < 1.29 is 9.53 Å². The van der Waals surface area contributed by atoms with Gasteiger partial charge in [0.05, 0.1) is 0 Å². The van der Waals surface area contributed by atoms with Crippen molar-refractivity contribution in [3.8, 4) is 0 Å². The minimum absolute atomic E-state index is 0.244. The summed E-state index contributed by atoms with van der Waals surface area (Å²) in [4.78, 5) is 10.9. The van der Waals surface area contributed by atoms with Gasteiger partial charge in [-0.1, -0.05) is 13.5 Å². The van der Waals surface area contributed by atoms with Crippen LogP contribution in [-0.2, 0) is 9.53 Å². The van der Waals surface area contributed by atoms with E-state index in [1.54, 1.807) is 6.92 Å². The molecule has 0 aliphatic carbocycles. The van der Waals surface area contributed by atoms with Gasteiger partial charge in [0, 0.05) is 11.6 Å². The maximum Gasteiger partial charge on any atom is 0.333 e. The summed E-state index contributed by atoms with van der Waals surface area (Å²) in [7, 11) is 1.85. The third kappa shape index (κ3) is 4.13. The first-order valence-corrected chi connectivity index (χ1v) is 4.11. The smallest absolute Gasteiger partial charge is 0.333 e. The predicted molar refractivity (Wildman–Crippen MR) is 48.9 cm³/mol. The molecule has 12 heavy (non-hydrogen) atoms. The van der Waals surface area contributed by atoms with Crippen LogP contribution in [0.5, 0.6) is 0 Å². The molecule has 0 heterocycles. The van der Waals surface area contributed by atoms with Crippen molar-refractivity contribution in [2.75, 3.05) is 13.7 Å². The zero-order valence-electron chi connectivity index (χ0n) is 8.02. The molecule has 1 unspecified atom stereocenters. The SMILES string of the molecule is C=C(C)C(=O)OCC(CC)NC. The Bertz CT molecular complexity index is 162. The van der Waals surface area contributed by atoms with Gasteiger partial charge >= 0.3 is 5.97 Å². The van der Waals surface area contributed by atoms with Crippen LogP contribution in [0.4, 0.5) is 0 Å². The van der Waals surface area contributed by atoms with Gasteiger partial charge in [-0.25, -0.2) is 4.79 Å². The van der Waals surface area contributed by atoms with Crippen molar-refractivity contribution in [1.82, 2.24) is 5.32 Å². The molecule has 1 N–H and O–H groups in total. The van der Waals surface area contributed by atoms with E-state index in [4.69, 9.17) is 4.74 Å². The molecule has 3 heteroatoms. The normalized spacial score (nSPS) is 12.2. The molecule has 0 aliphatic rings. The summed E-state index contributed by atoms with van der Waals surface area (Å²) in [6.45, 7) is 7.58. The number of ether oxygens (including phenoxy) is 1. The third-order valence-electron chi connectivity index (χ3n) is 1.67. The Kier molecular flexibility index (Phi) is 5.37. The number of carbonyl (C=O) groups excluding carboxylic acids is 1. The first kappa shape index (κ1) is 11.2. The molecule has 0 aromatic carbocycles. The van der Waals surface area contributed by atoms with Gasteiger partial charge in [0.1, 0.15) is 6.61 Å². The monoisotopic (exact) mass is 171 g/mol. The van der Waals surface area contributed by atoms with Gasteiger partial charge in [-0.15, -0.1) is 0 Å². The Labute approximate surface area is 73.8 Å². The van der Waals surface area contributed by atoms with Gasteiger partial charge < -0.3 is 10.1 Å². The van der Waals surface area contributed by atoms with Crippen LogP contribution in [-0.4, -0.2) is 25.7 Å². The van der Waals surface area contributed by atoms with E-state index >= 15 is 0 Å². The molecule has 0 aromatic heterocycles. The third-order valence-corrected chi connectivity index (χ3v) is 1.67. The minimum Gasteiger partial charge on any atom is -0.461 e. The molecule has 1 atom stereocenters. The van der Waals surface area contributed by atoms with E-state index in [-0.39, 0.29) is 12.0 Å². The molecular formula is C9H17NO2. The Morgan fingerprint density at radius 1 is 1.67 bits per heavy atom. The second-order valence-corrected chi connectivity index (χ2v) is 2.77. The number of nitrogens with one attached hydrogen (secondary N) is 1. The minimum atomic E-state index is -0.316. The molecule has 0 aromatic rings. The zero-order chi connectivity index (χ0) is 9.56. The molecule has 3 nitrogen and oxygen atoms in total. The van der Waals surface area contributed by atoms with Crippen molar-refractivity contribution in [2.45, 2.75) is 26.3 Å². The molecule has 0 amide bonds. The van der Waals surface area contributed by atoms with Crippen molar-refractivity contribution in [1.29, 1.82) is 0 Å². The van der Waals surface area contributed by atoms with Crippen LogP contribution >= 0.6 is 0 Å². The highest BCUT2D eigenvalue weighted by Crippen LogP contribution is 1.96. The summed E-state index contributed by atoms with van der Waals surface area (Å²) in [6, 6.07) is 0.244. The van der Waals surface area contributed by atoms with Crippen molar-refractivity contribution >= 4 is 5.97 Å². The lowest BCUT2D eigenvalue weighted by atomic mass is 10.2. The fourth-order valence-electron chi connectivity index (χ4n) is 0.705. The fourth-order valence-corrected chi connectivity index (χ4v) is 0.705. The lowest BCUT2D eigenvalue weighted by Crippen LogP contribution is -2.30. The van der Waals surface area contributed by atoms with Gasteiger partial charge in [-0.3, -0.25) is 0 Å². The van der Waals surface area contributed by atoms with E-state index < -0.39 is 0 Å². The standard InChI is InChI=1S/C9H17NO2/c1-5-8(10-4)6-12-9(11)7(2)3/h8,10H,2,5-6H2,1,3-4H3. The van der Waals surface area contributed by atoms with Crippen molar-refractivity contribution in [3.05, 3.63) is 12.2 Å². The second-order valence-electron chi connectivity index (χ2n) is 2.77. The molecule has 0 bridgehead atoms. The van der Waals surface area contributed by atoms with E-state index in [0.29, 0.717) is 12.2 Å². The quantitative estimate of drug-likeness (QED) is 0.497. The van der Waals surface area contributed by atoms with Crippen LogP contribution in [0.25, 0.3) is 0 Å². The van der Waals surface area contributed by atoms with Crippen LogP contribution < -0.4 is 5.32 Å². The molecule has 0 aliphatic heterocycles. The first-order chi connectivity index (χ1) is 5.61. The van der Waals surface area contributed by atoms with Crippen molar-refractivity contribution in [2.24, 2.45) is 0 Å². The summed E-state index contributed by atoms with van der Waals surface area (Å²) in [5, 5.41) is 3.04. The number of hydrogen-bond acceptors (Lipinski definition) is 3. The zero-order valence-corrected chi connectivity index (χ0v) is 8.02. The second kappa shape index (κ2) is 5.77. The summed E-state index contributed by atoms with van der Waals surface area (Å²) >= 11 is 0. The largest absolute Gasteiger partial charge is 0.461 e. The van der Waals surface area contributed by atoms with E-state index in [9.17, 15) is 4.79 Å². The maximum absolute atomic E-state index is 10.9. The highest BCUT2D eigenvalue weighted by atomic mass is 16.5. The summed E-state index contributed by atoms with van der Waals surface area (Å²) in [5.41, 5.74) is 0.445. The Morgan fingerprint density at radius 3 is 2.58 bits per heavy atom. The predicted octanol–water partition coefficient (Wildman–Crippen LogP) is 1.10. The molecule has 0 radical (unpaired) electrons. The molecule has 0 rings (SSSR count). The number of rotatable bonds is 5. The Balaban J connectivity index is 3.66. The number of likely N-dealkylation sites (N-methyl/N-ethyl adjacent to an activating group) is 1. The van der Waals surface area contributed by atoms with E-state index in [1.165, 1.54) is 0 Å². The van der Waals surface area contributed by atoms with Gasteiger partial charge in [-0.05, 0) is 20.4 Å². The fraction of sp³-hybridized carbons (Fsp3) is 0.667. The lowest BCUT2D eigenvalue weighted by Gasteiger charge is -2.13. The number of carbonyl (C=O) groups is 1. The van der Waals surface area contributed by atoms with Crippen LogP contribution in [0.2, 0.25) is 0 Å². The van der Waals surface area contributed by atoms with Gasteiger partial charge in [0.2, 0.25) is 0 Å². The van der Waals surface area contributed by atoms with E-state index in [0.717, 1.165) is 6.42 Å². The lowest BCUT2D eigenvalue weighted by molar-refractivity contribution is -0.139. The van der Waals surface area contributed by atoms with Crippen LogP contribution in [0.15, 0.2) is 12.2 Å². The molecule has 0 saturated carbocycles. The Morgan fingerprint density at radius 2 is 2.25 bits per heavy atom. The highest BCUT2D eigenvalue weighted by Gasteiger charge is 2.07. The molecule has 70 valence electrons. The van der Waals surface area contributed by atoms with E-state index in [1.807, 2.05) is 14.0 Å². The van der Waals surface area contributed by atoms with Crippen LogP contribution in [0.3, 0.4) is 0 Å². The van der Waals surface area contributed by atoms with Gasteiger partial charge in [0.25, 0.3) is 0 Å². The van der Waals surface area contributed by atoms with Gasteiger partial charge in [0.15, 0.2) is 0 Å². The molecule has 0 saturated heterocycles. The van der Waals surface area contributed by atoms with E-state index in [2.05, 4.69) is 11.9 Å². The summed E-state index contributed by atoms with van der Waals surface area (Å²) in [5.74, 6) is -0.316. The molecule has 0 spiro atoms. The number of hydrogen-bond donors (Lipinski definition) is 1. The van der Waals surface area contributed by atoms with Gasteiger partial charge in [-0.2, -0.15) is 0 Å². The van der Waals surface area contributed by atoms with Crippen LogP contribution in [0, 0.1) is 0 Å². The summed E-state index contributed by atoms with van der Waals surface area (Å²) in [6.07, 6.45) is 0.944. The summed E-state index contributed by atoms with van der Waals surface area (Å²) < 4.78 is 4.95. The van der Waals surface area contributed by atoms with Crippen LogP contribution in [0.1, 0.15) is 20.3 Å². The van der Waals surface area contributed by atoms with Crippen molar-refractivity contribution in [3.63, 3.8) is 0 Å². The number of esters is 1.